The fraction of sp³-hybridized carbons (Fsp3) is 0.588. The first-order chi connectivity index (χ1) is 11.1. The monoisotopic (exact) mass is 336 g/mol. The second-order valence-corrected chi connectivity index (χ2v) is 6.90. The van der Waals surface area contributed by atoms with Crippen molar-refractivity contribution in [1.29, 1.82) is 0 Å². The van der Waals surface area contributed by atoms with Gasteiger partial charge in [-0.25, -0.2) is 0 Å². The lowest BCUT2D eigenvalue weighted by Gasteiger charge is -2.38. The molecular formula is C17H25ClN4O. The van der Waals surface area contributed by atoms with E-state index in [1.54, 1.807) is 0 Å². The van der Waals surface area contributed by atoms with E-state index >= 15 is 0 Å². The van der Waals surface area contributed by atoms with Gasteiger partial charge in [-0.15, -0.1) is 0 Å². The minimum atomic E-state index is -0.0528. The van der Waals surface area contributed by atoms with Crippen molar-refractivity contribution in [3.8, 4) is 0 Å². The van der Waals surface area contributed by atoms with Gasteiger partial charge in [0.2, 0.25) is 5.91 Å². The summed E-state index contributed by atoms with van der Waals surface area (Å²) in [7, 11) is 0. The highest BCUT2D eigenvalue weighted by atomic mass is 35.5. The number of nitrogens with two attached hydrogens (primary N) is 1. The van der Waals surface area contributed by atoms with Gasteiger partial charge < -0.3 is 20.9 Å². The molecule has 0 bridgehead atoms. The first kappa shape index (κ1) is 16.6. The first-order valence-electron chi connectivity index (χ1n) is 8.32. The Hall–Kier alpha value is -1.30. The normalized spacial score (nSPS) is 25.0. The molecule has 2 unspecified atom stereocenters. The Kier molecular flexibility index (Phi) is 5.09. The zero-order valence-electron chi connectivity index (χ0n) is 13.6. The molecule has 2 aliphatic rings. The number of benzene rings is 1. The highest BCUT2D eigenvalue weighted by molar-refractivity contribution is 6.31. The Morgan fingerprint density at radius 3 is 2.74 bits per heavy atom. The van der Waals surface area contributed by atoms with E-state index in [9.17, 15) is 4.79 Å². The zero-order chi connectivity index (χ0) is 16.4. The van der Waals surface area contributed by atoms with Gasteiger partial charge in [0.25, 0.3) is 0 Å². The molecule has 0 aromatic heterocycles. The van der Waals surface area contributed by atoms with Gasteiger partial charge in [-0.2, -0.15) is 0 Å². The van der Waals surface area contributed by atoms with Gasteiger partial charge in [-0.3, -0.25) is 4.79 Å². The number of piperazine rings is 1. The lowest BCUT2D eigenvalue weighted by Crippen LogP contribution is -2.53. The van der Waals surface area contributed by atoms with E-state index < -0.39 is 0 Å². The first-order valence-corrected chi connectivity index (χ1v) is 8.70. The number of halogens is 1. The Labute approximate surface area is 142 Å². The lowest BCUT2D eigenvalue weighted by atomic mass is 10.0. The molecule has 23 heavy (non-hydrogen) atoms. The molecule has 6 heteroatoms. The van der Waals surface area contributed by atoms with Crippen LogP contribution in [0.2, 0.25) is 5.02 Å². The van der Waals surface area contributed by atoms with Crippen LogP contribution in [0.5, 0.6) is 0 Å². The van der Waals surface area contributed by atoms with Crippen LogP contribution in [0.15, 0.2) is 18.2 Å². The molecule has 1 amide bonds. The van der Waals surface area contributed by atoms with Gasteiger partial charge in [-0.05, 0) is 50.0 Å². The summed E-state index contributed by atoms with van der Waals surface area (Å²) in [6.07, 6.45) is 0.864. The highest BCUT2D eigenvalue weighted by Gasteiger charge is 2.33. The van der Waals surface area contributed by atoms with Crippen molar-refractivity contribution in [2.24, 2.45) is 11.7 Å². The third-order valence-corrected chi connectivity index (χ3v) is 5.43. The Balaban J connectivity index is 1.58. The smallest absolute Gasteiger partial charge is 0.239 e. The van der Waals surface area contributed by atoms with E-state index in [2.05, 4.69) is 16.3 Å². The minimum Gasteiger partial charge on any atom is -0.368 e. The van der Waals surface area contributed by atoms with E-state index in [0.29, 0.717) is 12.5 Å². The second kappa shape index (κ2) is 7.07. The number of carbonyl (C=O) groups excluding carboxylic acids is 1. The molecule has 2 saturated heterocycles. The molecule has 2 fully saturated rings. The third kappa shape index (κ3) is 3.47. The van der Waals surface area contributed by atoms with Crippen molar-refractivity contribution in [3.05, 3.63) is 28.8 Å². The second-order valence-electron chi connectivity index (χ2n) is 6.49. The van der Waals surface area contributed by atoms with Crippen LogP contribution in [0.4, 0.5) is 5.69 Å². The fourth-order valence-corrected chi connectivity index (χ4v) is 3.67. The average Bonchev–Trinajstić information content (AvgIpc) is 3.06. The van der Waals surface area contributed by atoms with Gasteiger partial charge in [-0.1, -0.05) is 17.7 Å². The predicted molar refractivity (Wildman–Crippen MR) is 93.9 cm³/mol. The van der Waals surface area contributed by atoms with Gasteiger partial charge in [0.15, 0.2) is 0 Å². The van der Waals surface area contributed by atoms with E-state index in [-0.39, 0.29) is 11.9 Å². The molecule has 3 N–H and O–H groups in total. The van der Waals surface area contributed by atoms with Crippen LogP contribution >= 0.6 is 11.6 Å². The summed E-state index contributed by atoms with van der Waals surface area (Å²) < 4.78 is 0. The number of nitrogens with one attached hydrogen (secondary N) is 1. The summed E-state index contributed by atoms with van der Waals surface area (Å²) in [5.41, 5.74) is 7.98. The van der Waals surface area contributed by atoms with Gasteiger partial charge in [0, 0.05) is 36.9 Å². The molecule has 0 saturated carbocycles. The van der Waals surface area contributed by atoms with Crippen LogP contribution in [0.3, 0.4) is 0 Å². The van der Waals surface area contributed by atoms with Crippen molar-refractivity contribution in [2.45, 2.75) is 19.4 Å². The van der Waals surface area contributed by atoms with E-state index in [4.69, 9.17) is 17.3 Å². The molecule has 3 rings (SSSR count). The Morgan fingerprint density at radius 1 is 1.35 bits per heavy atom. The zero-order valence-corrected chi connectivity index (χ0v) is 14.4. The number of hydrogen-bond donors (Lipinski definition) is 2. The summed E-state index contributed by atoms with van der Waals surface area (Å²) >= 11 is 6.22. The number of amides is 1. The highest BCUT2D eigenvalue weighted by Crippen LogP contribution is 2.27. The molecular weight excluding hydrogens is 312 g/mol. The quantitative estimate of drug-likeness (QED) is 0.871. The maximum Gasteiger partial charge on any atom is 0.239 e. The van der Waals surface area contributed by atoms with E-state index in [1.807, 2.05) is 24.0 Å². The molecule has 0 radical (unpaired) electrons. The topological polar surface area (TPSA) is 61.6 Å². The molecule has 0 aliphatic carbocycles. The number of carbonyl (C=O) groups is 1. The summed E-state index contributed by atoms with van der Waals surface area (Å²) in [5.74, 6) is 0.655. The van der Waals surface area contributed by atoms with Crippen LogP contribution in [-0.4, -0.2) is 56.1 Å². The van der Waals surface area contributed by atoms with Gasteiger partial charge in [0.05, 0.1) is 6.04 Å². The number of nitrogens with zero attached hydrogens (tertiary/aromatic N) is 2. The molecule has 126 valence electrons. The van der Waals surface area contributed by atoms with Gasteiger partial charge >= 0.3 is 0 Å². The summed E-state index contributed by atoms with van der Waals surface area (Å²) in [4.78, 5) is 16.9. The van der Waals surface area contributed by atoms with Crippen molar-refractivity contribution in [1.82, 2.24) is 10.2 Å². The number of anilines is 1. The van der Waals surface area contributed by atoms with Crippen LogP contribution in [0, 0.1) is 12.8 Å². The molecule has 0 spiro atoms. The van der Waals surface area contributed by atoms with Crippen LogP contribution in [-0.2, 0) is 4.79 Å². The lowest BCUT2D eigenvalue weighted by molar-refractivity contribution is -0.133. The maximum atomic E-state index is 12.6. The van der Waals surface area contributed by atoms with Crippen LogP contribution < -0.4 is 16.0 Å². The Morgan fingerprint density at radius 2 is 2.09 bits per heavy atom. The van der Waals surface area contributed by atoms with Gasteiger partial charge in [0.1, 0.15) is 0 Å². The van der Waals surface area contributed by atoms with Crippen LogP contribution in [0.25, 0.3) is 0 Å². The van der Waals surface area contributed by atoms with Crippen molar-refractivity contribution in [2.75, 3.05) is 44.2 Å². The molecule has 2 aliphatic heterocycles. The summed E-state index contributed by atoms with van der Waals surface area (Å²) in [6, 6.07) is 5.95. The SMILES string of the molecule is Cc1c(Cl)cccc1N1CCN(C(=O)C2CC(CN)CN2)CC1. The molecule has 1 aromatic rings. The van der Waals surface area contributed by atoms with Crippen molar-refractivity contribution in [3.63, 3.8) is 0 Å². The third-order valence-electron chi connectivity index (χ3n) is 5.02. The molecule has 2 heterocycles. The Bertz CT molecular complexity index is 572. The van der Waals surface area contributed by atoms with Crippen molar-refractivity contribution < 1.29 is 4.79 Å². The maximum absolute atomic E-state index is 12.6. The molecule has 1 aromatic carbocycles. The summed E-state index contributed by atoms with van der Waals surface area (Å²) in [6.45, 7) is 6.77. The largest absolute Gasteiger partial charge is 0.368 e. The summed E-state index contributed by atoms with van der Waals surface area (Å²) in [5, 5.41) is 4.11. The van der Waals surface area contributed by atoms with E-state index in [1.165, 1.54) is 5.69 Å². The average molecular weight is 337 g/mol. The van der Waals surface area contributed by atoms with E-state index in [0.717, 1.165) is 49.7 Å². The number of hydrogen-bond acceptors (Lipinski definition) is 4. The standard InChI is InChI=1S/C17H25ClN4O/c1-12-14(18)3-2-4-16(12)21-5-7-22(8-6-21)17(23)15-9-13(10-19)11-20-15/h2-4,13,15,20H,5-11,19H2,1H3. The molecule has 2 atom stereocenters. The van der Waals surface area contributed by atoms with Crippen molar-refractivity contribution >= 4 is 23.2 Å². The molecule has 5 nitrogen and oxygen atoms in total. The predicted octanol–water partition coefficient (Wildman–Crippen LogP) is 1.23. The minimum absolute atomic E-state index is 0.0528. The fourth-order valence-electron chi connectivity index (χ4n) is 3.50. The number of rotatable bonds is 3. The van der Waals surface area contributed by atoms with Crippen LogP contribution in [0.1, 0.15) is 12.0 Å².